The minimum atomic E-state index is -0.405. The Bertz CT molecular complexity index is 465. The Morgan fingerprint density at radius 3 is 2.30 bits per heavy atom. The highest BCUT2D eigenvalue weighted by Gasteiger charge is 2.52. The first-order valence-electron chi connectivity index (χ1n) is 7.66. The SMILES string of the molecule is CC1(C)OB(c2cnn(C3CCCCC3)n2)OC1(C)C. The molecule has 2 heterocycles. The smallest absolute Gasteiger partial charge is 0.398 e. The molecule has 0 spiro atoms. The molecule has 1 saturated heterocycles. The lowest BCUT2D eigenvalue weighted by molar-refractivity contribution is 0.00578. The van der Waals surface area contributed by atoms with Crippen LogP contribution >= 0.6 is 0 Å². The van der Waals surface area contributed by atoms with E-state index in [0.717, 1.165) is 5.59 Å². The van der Waals surface area contributed by atoms with E-state index in [1.165, 1.54) is 32.1 Å². The van der Waals surface area contributed by atoms with Gasteiger partial charge in [-0.25, -0.2) is 0 Å². The third-order valence-electron chi connectivity index (χ3n) is 4.92. The molecule has 1 aliphatic carbocycles. The molecular weight excluding hydrogens is 253 g/mol. The van der Waals surface area contributed by atoms with Crippen LogP contribution in [0.2, 0.25) is 0 Å². The van der Waals surface area contributed by atoms with Crippen molar-refractivity contribution in [3.05, 3.63) is 6.20 Å². The fraction of sp³-hybridized carbons (Fsp3) is 0.857. The second kappa shape index (κ2) is 4.84. The second-order valence-corrected chi connectivity index (χ2v) is 6.97. The van der Waals surface area contributed by atoms with Gasteiger partial charge in [-0.15, -0.1) is 0 Å². The van der Waals surface area contributed by atoms with Gasteiger partial charge in [0.1, 0.15) is 5.59 Å². The van der Waals surface area contributed by atoms with Crippen molar-refractivity contribution in [2.45, 2.75) is 77.0 Å². The predicted molar refractivity (Wildman–Crippen MR) is 77.9 cm³/mol. The van der Waals surface area contributed by atoms with E-state index in [-0.39, 0.29) is 11.2 Å². The lowest BCUT2D eigenvalue weighted by Gasteiger charge is -2.32. The Labute approximate surface area is 121 Å². The normalized spacial score (nSPS) is 26.1. The molecule has 0 atom stereocenters. The highest BCUT2D eigenvalue weighted by molar-refractivity contribution is 6.61. The lowest BCUT2D eigenvalue weighted by Crippen LogP contribution is -2.41. The summed E-state index contributed by atoms with van der Waals surface area (Å²) in [6, 6.07) is 0.444. The van der Waals surface area contributed by atoms with Crippen molar-refractivity contribution in [3.63, 3.8) is 0 Å². The first-order chi connectivity index (χ1) is 9.39. The zero-order chi connectivity index (χ0) is 14.4. The molecule has 0 unspecified atom stereocenters. The van der Waals surface area contributed by atoms with Crippen molar-refractivity contribution in [3.8, 4) is 0 Å². The average molecular weight is 277 g/mol. The van der Waals surface area contributed by atoms with Gasteiger partial charge in [0, 0.05) is 0 Å². The molecule has 0 aromatic carbocycles. The van der Waals surface area contributed by atoms with Crippen molar-refractivity contribution in [1.82, 2.24) is 15.0 Å². The second-order valence-electron chi connectivity index (χ2n) is 6.97. The number of hydrogen-bond donors (Lipinski definition) is 0. The van der Waals surface area contributed by atoms with Gasteiger partial charge in [0.25, 0.3) is 0 Å². The van der Waals surface area contributed by atoms with Crippen molar-refractivity contribution in [2.75, 3.05) is 0 Å². The van der Waals surface area contributed by atoms with E-state index in [2.05, 4.69) is 37.9 Å². The Hall–Kier alpha value is -0.875. The van der Waals surface area contributed by atoms with Gasteiger partial charge >= 0.3 is 7.12 Å². The van der Waals surface area contributed by atoms with Crippen LogP contribution in [-0.4, -0.2) is 33.3 Å². The molecule has 1 aromatic heterocycles. The molecule has 0 N–H and O–H groups in total. The standard InChI is InChI=1S/C14H24BN3O2/c1-13(2)14(3,4)20-15(19-13)12-10-16-18(17-12)11-8-6-5-7-9-11/h10-11H,5-9H2,1-4H3. The van der Waals surface area contributed by atoms with Crippen molar-refractivity contribution in [2.24, 2.45) is 0 Å². The van der Waals surface area contributed by atoms with Gasteiger partial charge in [-0.1, -0.05) is 19.3 Å². The topological polar surface area (TPSA) is 49.2 Å². The summed E-state index contributed by atoms with van der Waals surface area (Å²) in [6.07, 6.45) is 8.03. The van der Waals surface area contributed by atoms with E-state index < -0.39 is 7.12 Å². The Balaban J connectivity index is 1.74. The van der Waals surface area contributed by atoms with Crippen LogP contribution in [0.4, 0.5) is 0 Å². The van der Waals surface area contributed by atoms with Crippen LogP contribution in [0.5, 0.6) is 0 Å². The van der Waals surface area contributed by atoms with Crippen LogP contribution in [0.25, 0.3) is 0 Å². The summed E-state index contributed by atoms with van der Waals surface area (Å²) in [7, 11) is -0.405. The number of aromatic nitrogens is 3. The molecule has 5 nitrogen and oxygen atoms in total. The van der Waals surface area contributed by atoms with Gasteiger partial charge in [-0.05, 0) is 40.5 Å². The number of rotatable bonds is 2. The first kappa shape index (κ1) is 14.1. The number of nitrogens with zero attached hydrogens (tertiary/aromatic N) is 3. The van der Waals surface area contributed by atoms with Gasteiger partial charge in [0.15, 0.2) is 0 Å². The van der Waals surface area contributed by atoms with E-state index in [4.69, 9.17) is 9.31 Å². The fourth-order valence-electron chi connectivity index (χ4n) is 2.85. The Morgan fingerprint density at radius 2 is 1.70 bits per heavy atom. The Kier molecular flexibility index (Phi) is 3.41. The molecule has 20 heavy (non-hydrogen) atoms. The van der Waals surface area contributed by atoms with Gasteiger partial charge in [0.2, 0.25) is 0 Å². The lowest BCUT2D eigenvalue weighted by atomic mass is 9.86. The van der Waals surface area contributed by atoms with E-state index in [0.29, 0.717) is 6.04 Å². The summed E-state index contributed by atoms with van der Waals surface area (Å²) in [5.74, 6) is 0. The molecule has 110 valence electrons. The van der Waals surface area contributed by atoms with E-state index in [9.17, 15) is 0 Å². The minimum Gasteiger partial charge on any atom is -0.398 e. The third kappa shape index (κ3) is 2.39. The van der Waals surface area contributed by atoms with Crippen LogP contribution < -0.4 is 5.59 Å². The Morgan fingerprint density at radius 1 is 1.10 bits per heavy atom. The van der Waals surface area contributed by atoms with Crippen LogP contribution in [-0.2, 0) is 9.31 Å². The highest BCUT2D eigenvalue weighted by Crippen LogP contribution is 2.36. The van der Waals surface area contributed by atoms with Crippen molar-refractivity contribution >= 4 is 12.7 Å². The molecule has 2 fully saturated rings. The molecule has 0 amide bonds. The van der Waals surface area contributed by atoms with E-state index in [1.54, 1.807) is 6.20 Å². The van der Waals surface area contributed by atoms with Crippen LogP contribution in [0.15, 0.2) is 6.20 Å². The van der Waals surface area contributed by atoms with E-state index in [1.807, 2.05) is 4.80 Å². The maximum absolute atomic E-state index is 6.01. The zero-order valence-electron chi connectivity index (χ0n) is 12.9. The maximum Gasteiger partial charge on any atom is 0.518 e. The van der Waals surface area contributed by atoms with Gasteiger partial charge in [-0.3, -0.25) is 0 Å². The quantitative estimate of drug-likeness (QED) is 0.777. The maximum atomic E-state index is 6.01. The van der Waals surface area contributed by atoms with Gasteiger partial charge in [0.05, 0.1) is 23.4 Å². The molecule has 0 bridgehead atoms. The summed E-state index contributed by atoms with van der Waals surface area (Å²) in [6.45, 7) is 8.22. The average Bonchev–Trinajstić information content (AvgIpc) is 2.94. The zero-order valence-corrected chi connectivity index (χ0v) is 12.9. The van der Waals surface area contributed by atoms with Crippen molar-refractivity contribution < 1.29 is 9.31 Å². The summed E-state index contributed by atoms with van der Waals surface area (Å²) in [4.78, 5) is 1.86. The molecule has 1 aliphatic heterocycles. The van der Waals surface area contributed by atoms with Crippen LogP contribution in [0.1, 0.15) is 65.8 Å². The molecule has 6 heteroatoms. The molecule has 1 saturated carbocycles. The largest absolute Gasteiger partial charge is 0.518 e. The molecule has 0 radical (unpaired) electrons. The van der Waals surface area contributed by atoms with Crippen LogP contribution in [0, 0.1) is 0 Å². The van der Waals surface area contributed by atoms with Gasteiger partial charge < -0.3 is 9.31 Å². The highest BCUT2D eigenvalue weighted by atomic mass is 16.7. The third-order valence-corrected chi connectivity index (χ3v) is 4.92. The molecule has 2 aliphatic rings. The van der Waals surface area contributed by atoms with Gasteiger partial charge in [-0.2, -0.15) is 15.0 Å². The summed E-state index contributed by atoms with van der Waals surface area (Å²) < 4.78 is 12.0. The van der Waals surface area contributed by atoms with E-state index >= 15 is 0 Å². The fourth-order valence-corrected chi connectivity index (χ4v) is 2.85. The molecule has 1 aromatic rings. The number of hydrogen-bond acceptors (Lipinski definition) is 4. The molecule has 3 rings (SSSR count). The van der Waals surface area contributed by atoms with Crippen molar-refractivity contribution in [1.29, 1.82) is 0 Å². The summed E-state index contributed by atoms with van der Waals surface area (Å²) in [5, 5.41) is 9.03. The first-order valence-corrected chi connectivity index (χ1v) is 7.66. The predicted octanol–water partition coefficient (Wildman–Crippen LogP) is 2.08. The molecular formula is C14H24BN3O2. The minimum absolute atomic E-state index is 0.327. The summed E-state index contributed by atoms with van der Waals surface area (Å²) >= 11 is 0. The monoisotopic (exact) mass is 277 g/mol. The summed E-state index contributed by atoms with van der Waals surface area (Å²) in [5.41, 5.74) is 0.132. The van der Waals surface area contributed by atoms with Crippen LogP contribution in [0.3, 0.4) is 0 Å².